The topological polar surface area (TPSA) is 25.2 Å². The molecule has 2 aliphatic rings. The summed E-state index contributed by atoms with van der Waals surface area (Å²) in [5, 5.41) is 2.84. The lowest BCUT2D eigenvalue weighted by molar-refractivity contribution is -0.122. The summed E-state index contributed by atoms with van der Waals surface area (Å²) < 4.78 is 2.30. The number of rotatable bonds is 0. The van der Waals surface area contributed by atoms with Gasteiger partial charge in [0.05, 0.1) is 10.9 Å². The summed E-state index contributed by atoms with van der Waals surface area (Å²) in [4.78, 5) is 15.0. The zero-order valence-electron chi connectivity index (χ0n) is 14.6. The first kappa shape index (κ1) is 15.1. The number of aryl methyl sites for hydroxylation is 1. The molecule has 3 aromatic rings. The second-order valence-electron chi connectivity index (χ2n) is 7.08. The molecule has 0 bridgehead atoms. The Balaban J connectivity index is 1.88. The Labute approximate surface area is 151 Å². The third-order valence-corrected chi connectivity index (χ3v) is 7.19. The average molecular weight is 348 g/mol. The number of aromatic nitrogens is 1. The molecule has 0 unspecified atom stereocenters. The Morgan fingerprint density at radius 1 is 1.00 bits per heavy atom. The van der Waals surface area contributed by atoms with Crippen molar-refractivity contribution in [3.63, 3.8) is 0 Å². The maximum absolute atomic E-state index is 13.2. The molecule has 3 nitrogen and oxygen atoms in total. The van der Waals surface area contributed by atoms with Crippen LogP contribution in [0.4, 0.5) is 5.69 Å². The fourth-order valence-corrected chi connectivity index (χ4v) is 6.03. The van der Waals surface area contributed by atoms with Crippen molar-refractivity contribution in [1.29, 1.82) is 0 Å². The largest absolute Gasteiger partial charge is 0.339 e. The minimum atomic E-state index is -0.0109. The Hall–Kier alpha value is -2.20. The van der Waals surface area contributed by atoms with Gasteiger partial charge >= 0.3 is 0 Å². The summed E-state index contributed by atoms with van der Waals surface area (Å²) in [6.45, 7) is 2.20. The number of para-hydroxylation sites is 2. The van der Waals surface area contributed by atoms with Crippen molar-refractivity contribution in [2.24, 2.45) is 13.0 Å². The summed E-state index contributed by atoms with van der Waals surface area (Å²) in [6, 6.07) is 17.0. The highest BCUT2D eigenvalue weighted by Gasteiger charge is 2.48. The number of amides is 1. The predicted octanol–water partition coefficient (Wildman–Crippen LogP) is 4.40. The second kappa shape index (κ2) is 5.15. The minimum absolute atomic E-state index is 0.0109. The lowest BCUT2D eigenvalue weighted by Gasteiger charge is -2.43. The molecule has 1 amide bonds. The maximum atomic E-state index is 13.2. The van der Waals surface area contributed by atoms with Gasteiger partial charge in [0.15, 0.2) is 0 Å². The van der Waals surface area contributed by atoms with Gasteiger partial charge in [0.25, 0.3) is 0 Å². The van der Waals surface area contributed by atoms with Gasteiger partial charge in [-0.05, 0) is 17.7 Å². The molecular weight excluding hydrogens is 328 g/mol. The lowest BCUT2D eigenvalue weighted by atomic mass is 9.74. The Morgan fingerprint density at radius 3 is 2.56 bits per heavy atom. The van der Waals surface area contributed by atoms with Crippen molar-refractivity contribution in [2.75, 3.05) is 11.9 Å². The lowest BCUT2D eigenvalue weighted by Crippen LogP contribution is -2.46. The summed E-state index contributed by atoms with van der Waals surface area (Å²) in [6.07, 6.45) is 0. The zero-order chi connectivity index (χ0) is 17.3. The molecule has 25 heavy (non-hydrogen) atoms. The van der Waals surface area contributed by atoms with Crippen LogP contribution in [0.1, 0.15) is 24.0 Å². The summed E-state index contributed by atoms with van der Waals surface area (Å²) in [5.41, 5.74) is 4.91. The number of nitrogens with zero attached hydrogens (tertiary/aromatic N) is 2. The van der Waals surface area contributed by atoms with Crippen LogP contribution >= 0.6 is 11.8 Å². The van der Waals surface area contributed by atoms with E-state index in [-0.39, 0.29) is 23.0 Å². The first-order valence-corrected chi connectivity index (χ1v) is 9.58. The SMILES string of the molecule is C[C@@H]1Sc2c(c3ccccc3n2C)[C@H]2c3ccccc3N(C)C(=O)[C@H]21. The molecule has 4 heteroatoms. The molecule has 2 aromatic carbocycles. The number of benzene rings is 2. The average Bonchev–Trinajstić information content (AvgIpc) is 2.91. The number of hydrogen-bond acceptors (Lipinski definition) is 2. The van der Waals surface area contributed by atoms with E-state index in [1.165, 1.54) is 27.1 Å². The van der Waals surface area contributed by atoms with Crippen molar-refractivity contribution in [1.82, 2.24) is 4.57 Å². The van der Waals surface area contributed by atoms with E-state index in [0.717, 1.165) is 5.69 Å². The van der Waals surface area contributed by atoms with Gasteiger partial charge in [0, 0.05) is 47.4 Å². The molecule has 1 aromatic heterocycles. The Bertz CT molecular complexity index is 1020. The van der Waals surface area contributed by atoms with Gasteiger partial charge in [-0.25, -0.2) is 0 Å². The molecule has 0 aliphatic carbocycles. The first-order chi connectivity index (χ1) is 12.1. The smallest absolute Gasteiger partial charge is 0.231 e. The highest BCUT2D eigenvalue weighted by atomic mass is 32.2. The number of fused-ring (bicyclic) bond motifs is 7. The summed E-state index contributed by atoms with van der Waals surface area (Å²) in [7, 11) is 4.05. The van der Waals surface area contributed by atoms with Crippen LogP contribution in [0.3, 0.4) is 0 Å². The maximum Gasteiger partial charge on any atom is 0.231 e. The molecule has 3 heterocycles. The van der Waals surface area contributed by atoms with Crippen molar-refractivity contribution in [2.45, 2.75) is 23.1 Å². The molecule has 0 radical (unpaired) electrons. The van der Waals surface area contributed by atoms with Crippen LogP contribution in [0.25, 0.3) is 10.9 Å². The van der Waals surface area contributed by atoms with Crippen LogP contribution in [0.5, 0.6) is 0 Å². The highest BCUT2D eigenvalue weighted by molar-refractivity contribution is 8.00. The van der Waals surface area contributed by atoms with Crippen LogP contribution < -0.4 is 4.90 Å². The third kappa shape index (κ3) is 1.86. The molecule has 0 saturated heterocycles. The van der Waals surface area contributed by atoms with Crippen molar-refractivity contribution in [3.8, 4) is 0 Å². The van der Waals surface area contributed by atoms with Gasteiger partial charge in [-0.2, -0.15) is 0 Å². The molecule has 0 N–H and O–H groups in total. The number of hydrogen-bond donors (Lipinski definition) is 0. The monoisotopic (exact) mass is 348 g/mol. The molecule has 5 rings (SSSR count). The van der Waals surface area contributed by atoms with Crippen LogP contribution in [-0.4, -0.2) is 22.8 Å². The molecular formula is C21H20N2OS. The van der Waals surface area contributed by atoms with E-state index in [1.807, 2.05) is 29.8 Å². The van der Waals surface area contributed by atoms with E-state index in [1.54, 1.807) is 0 Å². The fraction of sp³-hybridized carbons (Fsp3) is 0.286. The van der Waals surface area contributed by atoms with Crippen LogP contribution in [0, 0.1) is 5.92 Å². The summed E-state index contributed by atoms with van der Waals surface area (Å²) >= 11 is 1.85. The highest BCUT2D eigenvalue weighted by Crippen LogP contribution is 2.55. The molecule has 3 atom stereocenters. The fourth-order valence-electron chi connectivity index (χ4n) is 4.63. The molecule has 0 spiro atoms. The number of anilines is 1. The van der Waals surface area contributed by atoms with Crippen molar-refractivity contribution < 1.29 is 4.79 Å². The van der Waals surface area contributed by atoms with Crippen molar-refractivity contribution >= 4 is 34.3 Å². The van der Waals surface area contributed by atoms with E-state index >= 15 is 0 Å². The van der Waals surface area contributed by atoms with E-state index in [0.29, 0.717) is 0 Å². The number of carbonyl (C=O) groups is 1. The van der Waals surface area contributed by atoms with Gasteiger partial charge in [-0.15, -0.1) is 11.8 Å². The van der Waals surface area contributed by atoms with Crippen molar-refractivity contribution in [3.05, 3.63) is 59.7 Å². The Morgan fingerprint density at radius 2 is 1.72 bits per heavy atom. The normalized spacial score (nSPS) is 24.8. The van der Waals surface area contributed by atoms with Crippen LogP contribution in [0.2, 0.25) is 0 Å². The van der Waals surface area contributed by atoms with Crippen LogP contribution in [-0.2, 0) is 11.8 Å². The van der Waals surface area contributed by atoms with Crippen LogP contribution in [0.15, 0.2) is 53.6 Å². The number of thioether (sulfide) groups is 1. The van der Waals surface area contributed by atoms with Gasteiger partial charge < -0.3 is 9.47 Å². The molecule has 0 fully saturated rings. The van der Waals surface area contributed by atoms with Gasteiger partial charge in [0.2, 0.25) is 5.91 Å². The Kier molecular flexibility index (Phi) is 3.11. The third-order valence-electron chi connectivity index (χ3n) is 5.81. The predicted molar refractivity (Wildman–Crippen MR) is 103 cm³/mol. The first-order valence-electron chi connectivity index (χ1n) is 8.70. The van der Waals surface area contributed by atoms with Gasteiger partial charge in [0.1, 0.15) is 0 Å². The molecule has 0 saturated carbocycles. The quantitative estimate of drug-likeness (QED) is 0.602. The molecule has 2 aliphatic heterocycles. The second-order valence-corrected chi connectivity index (χ2v) is 8.44. The van der Waals surface area contributed by atoms with E-state index < -0.39 is 0 Å². The number of carbonyl (C=O) groups excluding carboxylic acids is 1. The van der Waals surface area contributed by atoms with Gasteiger partial charge in [-0.3, -0.25) is 4.79 Å². The summed E-state index contributed by atoms with van der Waals surface area (Å²) in [5.74, 6) is 0.364. The minimum Gasteiger partial charge on any atom is -0.339 e. The standard InChI is InChI=1S/C21H20N2OS/c1-12-17-18(13-8-4-6-10-15(13)22(2)20(17)24)19-14-9-5-7-11-16(14)23(3)21(19)25-12/h4-12,17-18H,1-3H3/t12-,17-,18-/m0/s1. The van der Waals surface area contributed by atoms with E-state index in [9.17, 15) is 4.79 Å². The van der Waals surface area contributed by atoms with E-state index in [4.69, 9.17) is 0 Å². The molecule has 126 valence electrons. The van der Waals surface area contributed by atoms with Gasteiger partial charge in [-0.1, -0.05) is 43.3 Å². The van der Waals surface area contributed by atoms with E-state index in [2.05, 4.69) is 61.0 Å². The zero-order valence-corrected chi connectivity index (χ0v) is 15.4.